The Bertz CT molecular complexity index is 280. The lowest BCUT2D eigenvalue weighted by Gasteiger charge is -2.50. The van der Waals surface area contributed by atoms with E-state index in [1.807, 2.05) is 0 Å². The van der Waals surface area contributed by atoms with Gasteiger partial charge in [-0.2, -0.15) is 0 Å². The van der Waals surface area contributed by atoms with E-state index in [1.165, 1.54) is 0 Å². The Morgan fingerprint density at radius 1 is 0.560 bits per heavy atom. The van der Waals surface area contributed by atoms with Crippen LogP contribution in [0.1, 0.15) is 69.2 Å². The van der Waals surface area contributed by atoms with E-state index in [1.54, 1.807) is 0 Å². The fraction of sp³-hybridized carbons (Fsp3) is 1.00. The van der Waals surface area contributed by atoms with E-state index < -0.39 is 8.72 Å². The highest BCUT2D eigenvalue weighted by atomic mass is 28.4. The van der Waals surface area contributed by atoms with E-state index in [0.29, 0.717) is 23.7 Å². The van der Waals surface area contributed by atoms with Crippen molar-refractivity contribution in [2.24, 2.45) is 23.7 Å². The van der Waals surface area contributed by atoms with Crippen LogP contribution in [0, 0.1) is 23.7 Å². The predicted octanol–water partition coefficient (Wildman–Crippen LogP) is 3.87. The highest BCUT2D eigenvalue weighted by molar-refractivity contribution is 6.69. The molecule has 5 heteroatoms. The molecule has 0 aliphatic rings. The van der Waals surface area contributed by atoms with Crippen LogP contribution in [0.3, 0.4) is 0 Å². The van der Waals surface area contributed by atoms with Crippen molar-refractivity contribution in [1.29, 1.82) is 0 Å². The summed E-state index contributed by atoms with van der Waals surface area (Å²) in [6, 6.07) is 0. The lowest BCUT2D eigenvalue weighted by molar-refractivity contribution is 0.230. The Kier molecular flexibility index (Phi) is 12.5. The van der Waals surface area contributed by atoms with Gasteiger partial charge in [0.1, 0.15) is 0 Å². The summed E-state index contributed by atoms with van der Waals surface area (Å²) in [7, 11) is -2.14. The van der Waals surface area contributed by atoms with Crippen LogP contribution in [0.2, 0.25) is 0 Å². The molecular weight excluding hydrogens is 324 g/mol. The molecule has 0 fully saturated rings. The maximum Gasteiger partial charge on any atom is 0.371 e. The highest BCUT2D eigenvalue weighted by Crippen LogP contribution is 2.18. The van der Waals surface area contributed by atoms with Gasteiger partial charge in [0.15, 0.2) is 0 Å². The summed E-state index contributed by atoms with van der Waals surface area (Å²) >= 11 is 0. The van der Waals surface area contributed by atoms with Gasteiger partial charge < -0.3 is 9.96 Å². The Morgan fingerprint density at radius 2 is 0.800 bits per heavy atom. The van der Waals surface area contributed by atoms with Crippen LogP contribution in [0.4, 0.5) is 0 Å². The van der Waals surface area contributed by atoms with Crippen LogP contribution in [0.25, 0.3) is 0 Å². The zero-order chi connectivity index (χ0) is 19.6. The maximum atomic E-state index is 4.00. The van der Waals surface area contributed by atoms with Crippen LogP contribution in [0.15, 0.2) is 0 Å². The zero-order valence-electron chi connectivity index (χ0n) is 18.9. The second-order valence-corrected chi connectivity index (χ2v) is 12.4. The average molecular weight is 373 g/mol. The van der Waals surface area contributed by atoms with E-state index in [-0.39, 0.29) is 0 Å². The van der Waals surface area contributed by atoms with E-state index >= 15 is 0 Å². The molecule has 4 nitrogen and oxygen atoms in total. The molecule has 0 unspecified atom stereocenters. The zero-order valence-corrected chi connectivity index (χ0v) is 19.9. The van der Waals surface area contributed by atoms with E-state index in [9.17, 15) is 0 Å². The van der Waals surface area contributed by atoms with Gasteiger partial charge in [-0.3, -0.25) is 9.13 Å². The lowest BCUT2D eigenvalue weighted by atomic mass is 10.2. The molecule has 0 bridgehead atoms. The highest BCUT2D eigenvalue weighted by Gasteiger charge is 2.46. The largest absolute Gasteiger partial charge is 0.371 e. The first-order valence-electron chi connectivity index (χ1n) is 10.6. The molecule has 0 aromatic carbocycles. The van der Waals surface area contributed by atoms with Gasteiger partial charge in [-0.1, -0.05) is 69.2 Å². The molecule has 0 radical (unpaired) electrons. The monoisotopic (exact) mass is 372 g/mol. The van der Waals surface area contributed by atoms with Gasteiger partial charge in [0.25, 0.3) is 0 Å². The summed E-state index contributed by atoms with van der Waals surface area (Å²) in [5, 5.41) is 0. The van der Waals surface area contributed by atoms with Gasteiger partial charge >= 0.3 is 8.72 Å². The Balaban J connectivity index is 6.00. The van der Waals surface area contributed by atoms with Crippen molar-refractivity contribution in [3.8, 4) is 0 Å². The molecule has 0 aromatic rings. The second-order valence-electron chi connectivity index (χ2n) is 9.12. The Hall–Kier alpha value is 0.0569. The van der Waals surface area contributed by atoms with Crippen molar-refractivity contribution >= 4 is 8.72 Å². The summed E-state index contributed by atoms with van der Waals surface area (Å²) in [6.45, 7) is 29.9. The minimum Gasteiger partial charge on any atom is -0.301 e. The molecule has 0 rings (SSSR count). The molecule has 25 heavy (non-hydrogen) atoms. The molecule has 0 aromatic heterocycles. The first-order chi connectivity index (χ1) is 11.6. The first-order valence-corrected chi connectivity index (χ1v) is 12.5. The molecular formula is C20H48N4Si. The van der Waals surface area contributed by atoms with Gasteiger partial charge in [0, 0.05) is 0 Å². The average Bonchev–Trinajstić information content (AvgIpc) is 2.43. The molecule has 0 aliphatic heterocycles. The van der Waals surface area contributed by atoms with Crippen LogP contribution >= 0.6 is 0 Å². The van der Waals surface area contributed by atoms with E-state index in [2.05, 4.69) is 88.3 Å². The molecule has 0 saturated carbocycles. The SMILES string of the molecule is CCN[Si](NCC)(N(CC(C)C)CC(C)C)N(CC(C)C)CC(C)C. The topological polar surface area (TPSA) is 30.5 Å². The number of nitrogens with one attached hydrogen (secondary N) is 2. The standard InChI is InChI=1S/C20H48N4Si/c1-11-21-25(22-12-2,23(13-17(3)4)14-18(5)6)24(15-19(7)8)16-20(9)10/h17-22H,11-16H2,1-10H3. The van der Waals surface area contributed by atoms with Gasteiger partial charge in [0.2, 0.25) is 0 Å². The third kappa shape index (κ3) is 9.00. The maximum absolute atomic E-state index is 4.00. The van der Waals surface area contributed by atoms with Crippen LogP contribution in [-0.4, -0.2) is 57.1 Å². The quantitative estimate of drug-likeness (QED) is 0.453. The molecule has 0 spiro atoms. The molecule has 2 N–H and O–H groups in total. The van der Waals surface area contributed by atoms with Crippen molar-refractivity contribution in [2.75, 3.05) is 39.3 Å². The van der Waals surface area contributed by atoms with Gasteiger partial charge in [-0.05, 0) is 62.9 Å². The minimum atomic E-state index is -2.14. The molecule has 0 aliphatic carbocycles. The normalized spacial score (nSPS) is 13.4. The number of nitrogens with zero attached hydrogens (tertiary/aromatic N) is 2. The third-order valence-electron chi connectivity index (χ3n) is 4.10. The van der Waals surface area contributed by atoms with Crippen LogP contribution in [0.5, 0.6) is 0 Å². The first kappa shape index (κ1) is 25.1. The van der Waals surface area contributed by atoms with Crippen molar-refractivity contribution in [2.45, 2.75) is 69.2 Å². The predicted molar refractivity (Wildman–Crippen MR) is 116 cm³/mol. The molecule has 0 saturated heterocycles. The van der Waals surface area contributed by atoms with Crippen LogP contribution < -0.4 is 9.96 Å². The van der Waals surface area contributed by atoms with Crippen molar-refractivity contribution in [3.05, 3.63) is 0 Å². The number of hydrogen-bond acceptors (Lipinski definition) is 4. The van der Waals surface area contributed by atoms with E-state index in [0.717, 1.165) is 39.3 Å². The molecule has 0 heterocycles. The van der Waals surface area contributed by atoms with Crippen molar-refractivity contribution in [1.82, 2.24) is 19.1 Å². The molecule has 0 amide bonds. The van der Waals surface area contributed by atoms with Crippen LogP contribution in [-0.2, 0) is 0 Å². The fourth-order valence-electron chi connectivity index (χ4n) is 3.64. The Labute approximate surface area is 160 Å². The number of rotatable bonds is 14. The Morgan fingerprint density at radius 3 is 0.960 bits per heavy atom. The summed E-state index contributed by atoms with van der Waals surface area (Å²) < 4.78 is 5.58. The fourth-order valence-corrected chi connectivity index (χ4v) is 8.57. The smallest absolute Gasteiger partial charge is 0.301 e. The summed E-state index contributed by atoms with van der Waals surface area (Å²) in [5.74, 6) is 2.68. The van der Waals surface area contributed by atoms with E-state index in [4.69, 9.17) is 0 Å². The van der Waals surface area contributed by atoms with Crippen molar-refractivity contribution in [3.63, 3.8) is 0 Å². The molecule has 152 valence electrons. The molecule has 0 atom stereocenters. The summed E-state index contributed by atoms with van der Waals surface area (Å²) in [6.07, 6.45) is 0. The van der Waals surface area contributed by atoms with Crippen molar-refractivity contribution < 1.29 is 0 Å². The minimum absolute atomic E-state index is 0.669. The summed E-state index contributed by atoms with van der Waals surface area (Å²) in [4.78, 5) is 8.00. The van der Waals surface area contributed by atoms with Gasteiger partial charge in [-0.25, -0.2) is 0 Å². The van der Waals surface area contributed by atoms with Gasteiger partial charge in [-0.15, -0.1) is 0 Å². The number of hydrogen-bond donors (Lipinski definition) is 2. The summed E-state index contributed by atoms with van der Waals surface area (Å²) in [5.41, 5.74) is 0. The second kappa shape index (κ2) is 12.4. The van der Waals surface area contributed by atoms with Gasteiger partial charge in [0.05, 0.1) is 0 Å². The lowest BCUT2D eigenvalue weighted by Crippen LogP contribution is -2.83. The third-order valence-corrected chi connectivity index (χ3v) is 8.36.